The van der Waals surface area contributed by atoms with Gasteiger partial charge in [0.1, 0.15) is 0 Å². The Hall–Kier alpha value is -0.0800. The summed E-state index contributed by atoms with van der Waals surface area (Å²) in [6, 6.07) is 0.364. The van der Waals surface area contributed by atoms with E-state index in [0.717, 1.165) is 32.5 Å². The molecule has 2 heteroatoms. The number of nitrogens with two attached hydrogens (primary N) is 1. The third-order valence-electron chi connectivity index (χ3n) is 3.98. The van der Waals surface area contributed by atoms with Gasteiger partial charge in [0.05, 0.1) is 0 Å². The van der Waals surface area contributed by atoms with E-state index >= 15 is 0 Å². The molecule has 0 aliphatic carbocycles. The largest absolute Gasteiger partial charge is 0.381 e. The van der Waals surface area contributed by atoms with Gasteiger partial charge >= 0.3 is 0 Å². The first kappa shape index (κ1) is 13.0. The maximum absolute atomic E-state index is 6.29. The highest BCUT2D eigenvalue weighted by Crippen LogP contribution is 2.31. The molecule has 0 aromatic carbocycles. The van der Waals surface area contributed by atoms with Crippen LogP contribution in [0.4, 0.5) is 0 Å². The van der Waals surface area contributed by atoms with Crippen LogP contribution in [0.15, 0.2) is 0 Å². The lowest BCUT2D eigenvalue weighted by Crippen LogP contribution is -2.37. The lowest BCUT2D eigenvalue weighted by atomic mass is 9.76. The van der Waals surface area contributed by atoms with Gasteiger partial charge in [0, 0.05) is 19.3 Å². The van der Waals surface area contributed by atoms with Gasteiger partial charge in [-0.25, -0.2) is 0 Å². The van der Waals surface area contributed by atoms with Gasteiger partial charge in [-0.05, 0) is 36.5 Å². The second-order valence-electron chi connectivity index (χ2n) is 6.12. The summed E-state index contributed by atoms with van der Waals surface area (Å²) < 4.78 is 5.37. The topological polar surface area (TPSA) is 35.2 Å². The van der Waals surface area contributed by atoms with Crippen molar-refractivity contribution < 1.29 is 4.74 Å². The molecule has 2 atom stereocenters. The number of ether oxygens (including phenoxy) is 1. The van der Waals surface area contributed by atoms with Crippen molar-refractivity contribution in [3.8, 4) is 0 Å². The minimum atomic E-state index is 0.364. The van der Waals surface area contributed by atoms with Crippen molar-refractivity contribution in [2.75, 3.05) is 13.2 Å². The van der Waals surface area contributed by atoms with Crippen LogP contribution in [0.3, 0.4) is 0 Å². The van der Waals surface area contributed by atoms with E-state index < -0.39 is 0 Å². The van der Waals surface area contributed by atoms with Gasteiger partial charge < -0.3 is 10.5 Å². The van der Waals surface area contributed by atoms with Crippen molar-refractivity contribution in [3.05, 3.63) is 0 Å². The first-order chi connectivity index (χ1) is 6.91. The average Bonchev–Trinajstić information content (AvgIpc) is 2.17. The van der Waals surface area contributed by atoms with Crippen LogP contribution >= 0.6 is 0 Å². The number of hydrogen-bond acceptors (Lipinski definition) is 2. The van der Waals surface area contributed by atoms with Crippen molar-refractivity contribution >= 4 is 0 Å². The lowest BCUT2D eigenvalue weighted by Gasteiger charge is -2.34. The normalized spacial score (nSPS) is 23.8. The molecule has 2 N–H and O–H groups in total. The van der Waals surface area contributed by atoms with E-state index in [4.69, 9.17) is 10.5 Å². The maximum atomic E-state index is 6.29. The summed E-state index contributed by atoms with van der Waals surface area (Å²) in [6.07, 6.45) is 3.45. The zero-order valence-electron chi connectivity index (χ0n) is 10.8. The van der Waals surface area contributed by atoms with E-state index in [1.54, 1.807) is 0 Å². The first-order valence-corrected chi connectivity index (χ1v) is 6.24. The highest BCUT2D eigenvalue weighted by Gasteiger charge is 2.27. The minimum Gasteiger partial charge on any atom is -0.381 e. The molecule has 15 heavy (non-hydrogen) atoms. The Balaban J connectivity index is 2.36. The summed E-state index contributed by atoms with van der Waals surface area (Å²) in [5, 5.41) is 0. The predicted octanol–water partition coefficient (Wildman–Crippen LogP) is 2.81. The Morgan fingerprint density at radius 2 is 1.80 bits per heavy atom. The van der Waals surface area contributed by atoms with E-state index in [-0.39, 0.29) is 0 Å². The van der Waals surface area contributed by atoms with Crippen molar-refractivity contribution in [3.63, 3.8) is 0 Å². The van der Waals surface area contributed by atoms with Gasteiger partial charge in [0.25, 0.3) is 0 Å². The Morgan fingerprint density at radius 1 is 1.27 bits per heavy atom. The van der Waals surface area contributed by atoms with Crippen LogP contribution in [0, 0.1) is 17.3 Å². The Kier molecular flexibility index (Phi) is 4.60. The van der Waals surface area contributed by atoms with E-state index in [1.165, 1.54) is 0 Å². The molecule has 1 heterocycles. The number of hydrogen-bond donors (Lipinski definition) is 1. The molecule has 1 aliphatic heterocycles. The Labute approximate surface area is 94.6 Å². The zero-order chi connectivity index (χ0) is 11.5. The molecule has 0 aromatic heterocycles. The van der Waals surface area contributed by atoms with E-state index in [9.17, 15) is 0 Å². The fourth-order valence-corrected chi connectivity index (χ4v) is 2.10. The molecule has 0 spiro atoms. The van der Waals surface area contributed by atoms with Gasteiger partial charge in [-0.3, -0.25) is 0 Å². The van der Waals surface area contributed by atoms with E-state index in [0.29, 0.717) is 23.3 Å². The molecule has 2 nitrogen and oxygen atoms in total. The van der Waals surface area contributed by atoms with E-state index in [2.05, 4.69) is 27.7 Å². The summed E-state index contributed by atoms with van der Waals surface area (Å²) in [5.41, 5.74) is 6.67. The number of rotatable bonds is 3. The van der Waals surface area contributed by atoms with E-state index in [1.807, 2.05) is 0 Å². The average molecular weight is 213 g/mol. The van der Waals surface area contributed by atoms with Crippen LogP contribution in [0.25, 0.3) is 0 Å². The summed E-state index contributed by atoms with van der Waals surface area (Å²) in [6.45, 7) is 11.0. The third kappa shape index (κ3) is 4.12. The van der Waals surface area contributed by atoms with Gasteiger partial charge in [-0.1, -0.05) is 27.7 Å². The molecule has 1 saturated heterocycles. The SMILES string of the molecule is CC(CC(N)C1CCOCC1)C(C)(C)C. The fourth-order valence-electron chi connectivity index (χ4n) is 2.10. The molecular formula is C13H27NO. The van der Waals surface area contributed by atoms with Crippen LogP contribution in [-0.4, -0.2) is 19.3 Å². The molecule has 90 valence electrons. The van der Waals surface area contributed by atoms with Crippen molar-refractivity contribution in [2.24, 2.45) is 23.0 Å². The van der Waals surface area contributed by atoms with Gasteiger partial charge in [-0.2, -0.15) is 0 Å². The highest BCUT2D eigenvalue weighted by molar-refractivity contribution is 4.80. The fraction of sp³-hybridized carbons (Fsp3) is 1.00. The Morgan fingerprint density at radius 3 is 2.27 bits per heavy atom. The highest BCUT2D eigenvalue weighted by atomic mass is 16.5. The van der Waals surface area contributed by atoms with Crippen LogP contribution in [-0.2, 0) is 4.74 Å². The molecule has 0 bridgehead atoms. The quantitative estimate of drug-likeness (QED) is 0.782. The van der Waals surface area contributed by atoms with Crippen molar-refractivity contribution in [1.29, 1.82) is 0 Å². The standard InChI is InChI=1S/C13H27NO/c1-10(13(2,3)4)9-12(14)11-5-7-15-8-6-11/h10-12H,5-9,14H2,1-4H3. The predicted molar refractivity (Wildman–Crippen MR) is 64.8 cm³/mol. The monoisotopic (exact) mass is 213 g/mol. The first-order valence-electron chi connectivity index (χ1n) is 6.24. The minimum absolute atomic E-state index is 0.364. The third-order valence-corrected chi connectivity index (χ3v) is 3.98. The zero-order valence-corrected chi connectivity index (χ0v) is 10.8. The van der Waals surface area contributed by atoms with Gasteiger partial charge in [0.15, 0.2) is 0 Å². The smallest absolute Gasteiger partial charge is 0.0469 e. The Bertz CT molecular complexity index is 179. The second kappa shape index (κ2) is 5.31. The molecule has 0 saturated carbocycles. The summed E-state index contributed by atoms with van der Waals surface area (Å²) in [7, 11) is 0. The van der Waals surface area contributed by atoms with Crippen LogP contribution in [0.1, 0.15) is 47.0 Å². The van der Waals surface area contributed by atoms with Crippen molar-refractivity contribution in [1.82, 2.24) is 0 Å². The molecule has 1 rings (SSSR count). The molecule has 0 radical (unpaired) electrons. The van der Waals surface area contributed by atoms with Gasteiger partial charge in [-0.15, -0.1) is 0 Å². The lowest BCUT2D eigenvalue weighted by molar-refractivity contribution is 0.0529. The maximum Gasteiger partial charge on any atom is 0.0469 e. The van der Waals surface area contributed by atoms with Crippen LogP contribution in [0.2, 0.25) is 0 Å². The van der Waals surface area contributed by atoms with Gasteiger partial charge in [0.2, 0.25) is 0 Å². The molecule has 0 amide bonds. The summed E-state index contributed by atoms with van der Waals surface area (Å²) in [4.78, 5) is 0. The molecule has 1 aliphatic rings. The summed E-state index contributed by atoms with van der Waals surface area (Å²) >= 11 is 0. The molecule has 0 aromatic rings. The van der Waals surface area contributed by atoms with Crippen molar-refractivity contribution in [2.45, 2.75) is 53.0 Å². The summed E-state index contributed by atoms with van der Waals surface area (Å²) in [5.74, 6) is 1.37. The molecule has 2 unspecified atom stereocenters. The van der Waals surface area contributed by atoms with Crippen LogP contribution < -0.4 is 5.73 Å². The molecular weight excluding hydrogens is 186 g/mol. The van der Waals surface area contributed by atoms with Crippen LogP contribution in [0.5, 0.6) is 0 Å². The second-order valence-corrected chi connectivity index (χ2v) is 6.12. The molecule has 1 fully saturated rings.